The van der Waals surface area contributed by atoms with Crippen molar-refractivity contribution in [1.82, 2.24) is 4.90 Å². The SMILES string of the molecule is CCCCC[C@@H](CCC/C=C/C(=O)OC)N(CCOC(=O)c1ccccc1)CCOC(=O)c1ccccc1. The van der Waals surface area contributed by atoms with E-state index in [-0.39, 0.29) is 37.2 Å². The fraction of sp³-hybridized carbons (Fsp3) is 0.452. The number of nitrogens with zero attached hydrogens (tertiary/aromatic N) is 1. The number of esters is 3. The summed E-state index contributed by atoms with van der Waals surface area (Å²) in [5.74, 6) is -1.06. The summed E-state index contributed by atoms with van der Waals surface area (Å²) in [5.41, 5.74) is 1.04. The molecule has 0 amide bonds. The van der Waals surface area contributed by atoms with Gasteiger partial charge in [0, 0.05) is 25.2 Å². The molecule has 0 N–H and O–H groups in total. The topological polar surface area (TPSA) is 82.1 Å². The van der Waals surface area contributed by atoms with Gasteiger partial charge in [0.1, 0.15) is 13.2 Å². The summed E-state index contributed by atoms with van der Waals surface area (Å²) < 4.78 is 15.8. The lowest BCUT2D eigenvalue weighted by Crippen LogP contribution is -2.40. The molecule has 0 bridgehead atoms. The molecule has 206 valence electrons. The molecule has 0 aliphatic rings. The molecule has 2 aromatic rings. The lowest BCUT2D eigenvalue weighted by Gasteiger charge is -2.32. The zero-order valence-corrected chi connectivity index (χ0v) is 22.7. The highest BCUT2D eigenvalue weighted by Gasteiger charge is 2.19. The molecular weight excluding hydrogens is 482 g/mol. The molecule has 2 aromatic carbocycles. The van der Waals surface area contributed by atoms with Crippen LogP contribution in [0.3, 0.4) is 0 Å². The van der Waals surface area contributed by atoms with Crippen molar-refractivity contribution in [1.29, 1.82) is 0 Å². The maximum Gasteiger partial charge on any atom is 0.338 e. The van der Waals surface area contributed by atoms with Crippen molar-refractivity contribution in [2.75, 3.05) is 33.4 Å². The van der Waals surface area contributed by atoms with Crippen LogP contribution in [0.2, 0.25) is 0 Å². The summed E-state index contributed by atoms with van der Waals surface area (Å²) in [6, 6.07) is 18.1. The fourth-order valence-electron chi connectivity index (χ4n) is 4.16. The first-order valence-electron chi connectivity index (χ1n) is 13.5. The lowest BCUT2D eigenvalue weighted by molar-refractivity contribution is -0.134. The van der Waals surface area contributed by atoms with E-state index in [2.05, 4.69) is 16.6 Å². The summed E-state index contributed by atoms with van der Waals surface area (Å²) in [5, 5.41) is 0. The number of carbonyl (C=O) groups is 3. The van der Waals surface area contributed by atoms with E-state index in [1.165, 1.54) is 13.2 Å². The highest BCUT2D eigenvalue weighted by molar-refractivity contribution is 5.89. The summed E-state index contributed by atoms with van der Waals surface area (Å²) >= 11 is 0. The van der Waals surface area contributed by atoms with Crippen LogP contribution in [-0.4, -0.2) is 62.3 Å². The molecule has 0 spiro atoms. The number of carbonyl (C=O) groups excluding carboxylic acids is 3. The zero-order valence-electron chi connectivity index (χ0n) is 22.7. The van der Waals surface area contributed by atoms with E-state index in [4.69, 9.17) is 9.47 Å². The van der Waals surface area contributed by atoms with Crippen LogP contribution in [0.1, 0.15) is 72.6 Å². The Hall–Kier alpha value is -3.45. The third-order valence-corrected chi connectivity index (χ3v) is 6.26. The van der Waals surface area contributed by atoms with Gasteiger partial charge in [0.05, 0.1) is 18.2 Å². The highest BCUT2D eigenvalue weighted by Crippen LogP contribution is 2.17. The smallest absolute Gasteiger partial charge is 0.338 e. The quantitative estimate of drug-likeness (QED) is 0.105. The molecule has 0 aliphatic heterocycles. The first-order valence-corrected chi connectivity index (χ1v) is 13.5. The van der Waals surface area contributed by atoms with Gasteiger partial charge in [-0.3, -0.25) is 4.90 Å². The van der Waals surface area contributed by atoms with Crippen molar-refractivity contribution in [2.45, 2.75) is 57.9 Å². The average Bonchev–Trinajstić information content (AvgIpc) is 2.96. The number of methoxy groups -OCH3 is 1. The van der Waals surface area contributed by atoms with E-state index >= 15 is 0 Å². The van der Waals surface area contributed by atoms with Gasteiger partial charge in [-0.1, -0.05) is 68.7 Å². The Kier molecular flexibility index (Phi) is 15.2. The number of ether oxygens (including phenoxy) is 3. The average molecular weight is 524 g/mol. The van der Waals surface area contributed by atoms with Crippen LogP contribution < -0.4 is 0 Å². The molecule has 0 aliphatic carbocycles. The first-order chi connectivity index (χ1) is 18.5. The second-order valence-electron chi connectivity index (χ2n) is 9.05. The van der Waals surface area contributed by atoms with Gasteiger partial charge in [0.2, 0.25) is 0 Å². The Bertz CT molecular complexity index is 919. The zero-order chi connectivity index (χ0) is 27.4. The van der Waals surface area contributed by atoms with Crippen molar-refractivity contribution in [3.8, 4) is 0 Å². The van der Waals surface area contributed by atoms with Crippen molar-refractivity contribution >= 4 is 17.9 Å². The Labute approximate surface area is 226 Å². The number of hydrogen-bond acceptors (Lipinski definition) is 7. The molecule has 0 aromatic heterocycles. The van der Waals surface area contributed by atoms with Crippen LogP contribution in [0.15, 0.2) is 72.8 Å². The van der Waals surface area contributed by atoms with E-state index in [0.717, 1.165) is 44.9 Å². The van der Waals surface area contributed by atoms with Crippen LogP contribution in [0.4, 0.5) is 0 Å². The van der Waals surface area contributed by atoms with Gasteiger partial charge in [-0.25, -0.2) is 14.4 Å². The van der Waals surface area contributed by atoms with Crippen molar-refractivity contribution in [2.24, 2.45) is 0 Å². The van der Waals surface area contributed by atoms with Crippen LogP contribution >= 0.6 is 0 Å². The van der Waals surface area contributed by atoms with E-state index in [9.17, 15) is 14.4 Å². The van der Waals surface area contributed by atoms with Gasteiger partial charge in [-0.15, -0.1) is 0 Å². The first kappa shape index (κ1) is 30.8. The summed E-state index contributed by atoms with van der Waals surface area (Å²) in [7, 11) is 1.36. The molecule has 2 rings (SSSR count). The summed E-state index contributed by atoms with van der Waals surface area (Å²) in [4.78, 5) is 38.5. The lowest BCUT2D eigenvalue weighted by atomic mass is 10.0. The van der Waals surface area contributed by atoms with Gasteiger partial charge < -0.3 is 14.2 Å². The monoisotopic (exact) mass is 523 g/mol. The van der Waals surface area contributed by atoms with Crippen LogP contribution in [0.5, 0.6) is 0 Å². The molecule has 7 heteroatoms. The van der Waals surface area contributed by atoms with E-state index in [1.807, 2.05) is 42.5 Å². The van der Waals surface area contributed by atoms with Crippen molar-refractivity contribution in [3.05, 3.63) is 83.9 Å². The second kappa shape index (κ2) is 18.7. The number of allylic oxidation sites excluding steroid dienone is 1. The Morgan fingerprint density at radius 1 is 0.789 bits per heavy atom. The number of rotatable bonds is 18. The standard InChI is InChI=1S/C31H41NO6/c1-3-4-8-19-28(20-13-7-14-21-29(33)36-2)32(22-24-37-30(34)26-15-9-5-10-16-26)23-25-38-31(35)27-17-11-6-12-18-27/h5-6,9-12,14-18,21,28H,3-4,7-8,13,19-20,22-25H2,1-2H3/b21-14+/t28-/m0/s1. The third-order valence-electron chi connectivity index (χ3n) is 6.26. The molecule has 38 heavy (non-hydrogen) atoms. The molecule has 0 unspecified atom stereocenters. The van der Waals surface area contributed by atoms with Crippen LogP contribution in [-0.2, 0) is 19.0 Å². The fourth-order valence-corrected chi connectivity index (χ4v) is 4.16. The summed E-state index contributed by atoms with van der Waals surface area (Å²) in [6.45, 7) is 3.74. The Balaban J connectivity index is 2.01. The van der Waals surface area contributed by atoms with E-state index in [1.54, 1.807) is 24.3 Å². The van der Waals surface area contributed by atoms with E-state index < -0.39 is 0 Å². The maximum absolute atomic E-state index is 12.4. The largest absolute Gasteiger partial charge is 0.466 e. The van der Waals surface area contributed by atoms with Crippen molar-refractivity contribution < 1.29 is 28.6 Å². The van der Waals surface area contributed by atoms with Gasteiger partial charge >= 0.3 is 17.9 Å². The minimum Gasteiger partial charge on any atom is -0.466 e. The van der Waals surface area contributed by atoms with Crippen molar-refractivity contribution in [3.63, 3.8) is 0 Å². The molecule has 0 radical (unpaired) electrons. The molecule has 0 saturated heterocycles. The van der Waals surface area contributed by atoms with Crippen LogP contribution in [0.25, 0.3) is 0 Å². The Morgan fingerprint density at radius 3 is 1.82 bits per heavy atom. The molecule has 1 atom stereocenters. The van der Waals surface area contributed by atoms with Gasteiger partial charge in [-0.05, 0) is 49.9 Å². The van der Waals surface area contributed by atoms with Gasteiger partial charge in [0.15, 0.2) is 0 Å². The highest BCUT2D eigenvalue weighted by atomic mass is 16.5. The predicted octanol–water partition coefficient (Wildman–Crippen LogP) is 5.85. The molecule has 0 fully saturated rings. The van der Waals surface area contributed by atoms with Gasteiger partial charge in [-0.2, -0.15) is 0 Å². The molecular formula is C31H41NO6. The number of hydrogen-bond donors (Lipinski definition) is 0. The van der Waals surface area contributed by atoms with Crippen LogP contribution in [0, 0.1) is 0 Å². The minimum absolute atomic E-state index is 0.235. The second-order valence-corrected chi connectivity index (χ2v) is 9.05. The van der Waals surface area contributed by atoms with Gasteiger partial charge in [0.25, 0.3) is 0 Å². The minimum atomic E-state index is -0.355. The number of benzene rings is 2. The maximum atomic E-state index is 12.4. The molecule has 0 heterocycles. The van der Waals surface area contributed by atoms with E-state index in [0.29, 0.717) is 24.2 Å². The normalized spacial score (nSPS) is 11.9. The molecule has 7 nitrogen and oxygen atoms in total. The molecule has 0 saturated carbocycles. The summed E-state index contributed by atoms with van der Waals surface area (Å²) in [6.07, 6.45) is 10.2. The predicted molar refractivity (Wildman–Crippen MR) is 148 cm³/mol. The number of unbranched alkanes of at least 4 members (excludes halogenated alkanes) is 3. The Morgan fingerprint density at radius 2 is 1.32 bits per heavy atom. The third kappa shape index (κ3) is 12.2.